The van der Waals surface area contributed by atoms with E-state index in [9.17, 15) is 18.0 Å². The molecule has 0 atom stereocenters. The number of methoxy groups -OCH3 is 1. The van der Waals surface area contributed by atoms with Crippen LogP contribution in [0.25, 0.3) is 0 Å². The van der Waals surface area contributed by atoms with Crippen molar-refractivity contribution >= 4 is 21.9 Å². The summed E-state index contributed by atoms with van der Waals surface area (Å²) in [6.45, 7) is 3.09. The average molecular weight is 384 g/mol. The van der Waals surface area contributed by atoms with Gasteiger partial charge in [0, 0.05) is 13.1 Å². The van der Waals surface area contributed by atoms with E-state index in [0.717, 1.165) is 12.8 Å². The van der Waals surface area contributed by atoms with E-state index in [0.29, 0.717) is 19.0 Å². The molecule has 0 radical (unpaired) electrons. The number of likely N-dealkylation sites (tertiary alicyclic amines) is 1. The minimum absolute atomic E-state index is 0.0275. The fourth-order valence-electron chi connectivity index (χ4n) is 2.68. The largest absolute Gasteiger partial charge is 0.495 e. The maximum Gasteiger partial charge on any atom is 0.338 e. The number of esters is 1. The zero-order chi connectivity index (χ0) is 19.3. The number of carbonyl (C=O) groups is 2. The Kier molecular flexibility index (Phi) is 6.60. The van der Waals surface area contributed by atoms with Crippen LogP contribution >= 0.6 is 0 Å². The van der Waals surface area contributed by atoms with E-state index >= 15 is 0 Å². The Morgan fingerprint density at radius 3 is 2.50 bits per heavy atom. The number of hydrogen-bond acceptors (Lipinski definition) is 6. The first kappa shape index (κ1) is 20.2. The van der Waals surface area contributed by atoms with Crippen molar-refractivity contribution in [1.82, 2.24) is 9.62 Å². The summed E-state index contributed by atoms with van der Waals surface area (Å²) in [5.74, 6) is -0.316. The van der Waals surface area contributed by atoms with E-state index in [4.69, 9.17) is 9.47 Å². The second kappa shape index (κ2) is 8.50. The van der Waals surface area contributed by atoms with Crippen LogP contribution in [0.3, 0.4) is 0 Å². The molecule has 1 heterocycles. The predicted octanol–water partition coefficient (Wildman–Crippen LogP) is 1.02. The van der Waals surface area contributed by atoms with E-state index in [1.807, 2.05) is 0 Å². The van der Waals surface area contributed by atoms with Gasteiger partial charge in [0.15, 0.2) is 6.61 Å². The summed E-state index contributed by atoms with van der Waals surface area (Å²) in [5.41, 5.74) is 0.0275. The molecule has 0 aromatic heterocycles. The highest BCUT2D eigenvalue weighted by Gasteiger charge is 2.23. The molecule has 1 amide bonds. The van der Waals surface area contributed by atoms with Crippen molar-refractivity contribution in [1.29, 1.82) is 0 Å². The molecule has 1 N–H and O–H groups in total. The van der Waals surface area contributed by atoms with Crippen molar-refractivity contribution < 1.29 is 27.5 Å². The summed E-state index contributed by atoms with van der Waals surface area (Å²) in [6.07, 6.45) is 1.87. The number of nitrogens with zero attached hydrogens (tertiary/aromatic N) is 1. The highest BCUT2D eigenvalue weighted by Crippen LogP contribution is 2.25. The van der Waals surface area contributed by atoms with Crippen LogP contribution in [0.5, 0.6) is 5.75 Å². The van der Waals surface area contributed by atoms with Crippen LogP contribution < -0.4 is 9.46 Å². The molecule has 0 saturated carbocycles. The van der Waals surface area contributed by atoms with Gasteiger partial charge in [-0.25, -0.2) is 17.9 Å². The van der Waals surface area contributed by atoms with E-state index in [1.165, 1.54) is 32.4 Å². The summed E-state index contributed by atoms with van der Waals surface area (Å²) in [6, 6.07) is 3.93. The van der Waals surface area contributed by atoms with Gasteiger partial charge < -0.3 is 14.4 Å². The van der Waals surface area contributed by atoms with Crippen LogP contribution in [0.2, 0.25) is 0 Å². The molecule has 26 heavy (non-hydrogen) atoms. The van der Waals surface area contributed by atoms with Gasteiger partial charge in [0.05, 0.1) is 12.7 Å². The molecule has 1 aromatic carbocycles. The molecule has 1 saturated heterocycles. The molecule has 144 valence electrons. The fourth-order valence-corrected chi connectivity index (χ4v) is 3.60. The monoisotopic (exact) mass is 384 g/mol. The van der Waals surface area contributed by atoms with Crippen molar-refractivity contribution in [3.63, 3.8) is 0 Å². The van der Waals surface area contributed by atoms with Gasteiger partial charge in [0.2, 0.25) is 10.0 Å². The molecule has 8 nitrogen and oxygen atoms in total. The lowest BCUT2D eigenvalue weighted by molar-refractivity contribution is -0.135. The van der Waals surface area contributed by atoms with Crippen molar-refractivity contribution in [2.24, 2.45) is 5.92 Å². The molecule has 9 heteroatoms. The summed E-state index contributed by atoms with van der Waals surface area (Å²) >= 11 is 0. The van der Waals surface area contributed by atoms with Crippen LogP contribution in [-0.2, 0) is 19.6 Å². The molecule has 0 bridgehead atoms. The number of benzene rings is 1. The van der Waals surface area contributed by atoms with Gasteiger partial charge in [0.25, 0.3) is 5.91 Å². The van der Waals surface area contributed by atoms with Crippen molar-refractivity contribution in [2.75, 3.05) is 33.9 Å². The average Bonchev–Trinajstić information content (AvgIpc) is 2.65. The Morgan fingerprint density at radius 1 is 1.27 bits per heavy atom. The lowest BCUT2D eigenvalue weighted by atomic mass is 9.99. The highest BCUT2D eigenvalue weighted by atomic mass is 32.2. The quantitative estimate of drug-likeness (QED) is 0.735. The van der Waals surface area contributed by atoms with Gasteiger partial charge in [0.1, 0.15) is 10.6 Å². The number of rotatable bonds is 6. The summed E-state index contributed by atoms with van der Waals surface area (Å²) < 4.78 is 36.4. The second-order valence-electron chi connectivity index (χ2n) is 6.21. The molecule has 1 aliphatic rings. The first-order chi connectivity index (χ1) is 12.3. The van der Waals surface area contributed by atoms with Crippen LogP contribution in [0.4, 0.5) is 0 Å². The maximum atomic E-state index is 12.2. The number of amides is 1. The van der Waals surface area contributed by atoms with Gasteiger partial charge >= 0.3 is 5.97 Å². The smallest absolute Gasteiger partial charge is 0.338 e. The molecule has 0 spiro atoms. The molecular formula is C17H24N2O6S. The number of nitrogens with one attached hydrogen (secondary N) is 1. The van der Waals surface area contributed by atoms with E-state index in [-0.39, 0.29) is 28.7 Å². The highest BCUT2D eigenvalue weighted by molar-refractivity contribution is 7.89. The Labute approximate surface area is 153 Å². The lowest BCUT2D eigenvalue weighted by Gasteiger charge is -2.30. The minimum atomic E-state index is -3.81. The summed E-state index contributed by atoms with van der Waals surface area (Å²) in [7, 11) is -1.21. The van der Waals surface area contributed by atoms with Crippen LogP contribution in [0.1, 0.15) is 30.1 Å². The number of piperidine rings is 1. The normalized spacial score (nSPS) is 15.6. The van der Waals surface area contributed by atoms with Crippen LogP contribution in [0.15, 0.2) is 23.1 Å². The number of carbonyl (C=O) groups excluding carboxylic acids is 2. The molecule has 2 rings (SSSR count). The van der Waals surface area contributed by atoms with Crippen LogP contribution in [-0.4, -0.2) is 59.0 Å². The van der Waals surface area contributed by atoms with Crippen molar-refractivity contribution in [3.05, 3.63) is 23.8 Å². The Morgan fingerprint density at radius 2 is 1.92 bits per heavy atom. The van der Waals surface area contributed by atoms with Crippen LogP contribution in [0, 0.1) is 5.92 Å². The van der Waals surface area contributed by atoms with Gasteiger partial charge in [-0.15, -0.1) is 0 Å². The van der Waals surface area contributed by atoms with Crippen molar-refractivity contribution in [3.8, 4) is 5.75 Å². The molecule has 1 aromatic rings. The first-order valence-corrected chi connectivity index (χ1v) is 9.83. The topological polar surface area (TPSA) is 102 Å². The SMILES string of the molecule is CNS(=O)(=O)c1cc(C(=O)OCC(=O)N2CCC(C)CC2)ccc1OC. The molecule has 0 aliphatic carbocycles. The Hall–Kier alpha value is -2.13. The van der Waals surface area contributed by atoms with Gasteiger partial charge in [-0.1, -0.05) is 6.92 Å². The molecule has 1 fully saturated rings. The third-order valence-electron chi connectivity index (χ3n) is 4.42. The third-order valence-corrected chi connectivity index (χ3v) is 5.86. The lowest BCUT2D eigenvalue weighted by Crippen LogP contribution is -2.40. The van der Waals surface area contributed by atoms with Gasteiger partial charge in [-0.2, -0.15) is 0 Å². The van der Waals surface area contributed by atoms with E-state index in [1.54, 1.807) is 4.90 Å². The zero-order valence-electron chi connectivity index (χ0n) is 15.1. The number of hydrogen-bond donors (Lipinski definition) is 1. The van der Waals surface area contributed by atoms with Gasteiger partial charge in [-0.05, 0) is 44.0 Å². The summed E-state index contributed by atoms with van der Waals surface area (Å²) in [4.78, 5) is 25.8. The Bertz CT molecular complexity index is 769. The van der Waals surface area contributed by atoms with E-state index < -0.39 is 16.0 Å². The fraction of sp³-hybridized carbons (Fsp3) is 0.529. The molecular weight excluding hydrogens is 360 g/mol. The number of ether oxygens (including phenoxy) is 2. The minimum Gasteiger partial charge on any atom is -0.495 e. The first-order valence-electron chi connectivity index (χ1n) is 8.35. The molecule has 1 aliphatic heterocycles. The van der Waals surface area contributed by atoms with Crippen molar-refractivity contribution in [2.45, 2.75) is 24.7 Å². The third kappa shape index (κ3) is 4.73. The summed E-state index contributed by atoms with van der Waals surface area (Å²) in [5, 5.41) is 0. The second-order valence-corrected chi connectivity index (χ2v) is 8.07. The molecule has 0 unspecified atom stereocenters. The zero-order valence-corrected chi connectivity index (χ0v) is 16.0. The maximum absolute atomic E-state index is 12.2. The van der Waals surface area contributed by atoms with E-state index in [2.05, 4.69) is 11.6 Å². The predicted molar refractivity (Wildman–Crippen MR) is 94.5 cm³/mol. The Balaban J connectivity index is 2.05. The number of sulfonamides is 1. The van der Waals surface area contributed by atoms with Gasteiger partial charge in [-0.3, -0.25) is 4.79 Å². The standard InChI is InChI=1S/C17H24N2O6S/c1-12-6-8-19(9-7-12)16(20)11-25-17(21)13-4-5-14(24-3)15(10-13)26(22,23)18-2/h4-5,10,12,18H,6-9,11H2,1-3H3.